The summed E-state index contributed by atoms with van der Waals surface area (Å²) < 4.78 is 5.99. The van der Waals surface area contributed by atoms with Gasteiger partial charge in [0.2, 0.25) is 0 Å². The Kier molecular flexibility index (Phi) is 28.6. The van der Waals surface area contributed by atoms with Crippen molar-refractivity contribution < 1.29 is 47.3 Å². The van der Waals surface area contributed by atoms with Gasteiger partial charge in [0, 0.05) is 70.8 Å². The molecule has 2 aromatic carbocycles. The summed E-state index contributed by atoms with van der Waals surface area (Å²) in [6, 6.07) is 18.4. The number of rotatable bonds is 8. The number of carbonyl (C=O) groups is 1. The Balaban J connectivity index is -0.000000787. The molecule has 1 aliphatic rings. The van der Waals surface area contributed by atoms with E-state index in [0.29, 0.717) is 11.8 Å². The number of ether oxygens (including phenoxy) is 1. The Hall–Kier alpha value is -1.58. The first-order chi connectivity index (χ1) is 17.7. The second-order valence-corrected chi connectivity index (χ2v) is 9.88. The molecule has 2 atom stereocenters. The van der Waals surface area contributed by atoms with Gasteiger partial charge in [-0.3, -0.25) is 0 Å². The quantitative estimate of drug-likeness (QED) is 0.315. The second-order valence-electron chi connectivity index (χ2n) is 9.88. The molecule has 0 amide bonds. The van der Waals surface area contributed by atoms with Crippen molar-refractivity contribution in [2.45, 2.75) is 75.2 Å². The van der Waals surface area contributed by atoms with Gasteiger partial charge in [0.25, 0.3) is 0 Å². The zero-order chi connectivity index (χ0) is 28.1. The first kappa shape index (κ1) is 41.9. The van der Waals surface area contributed by atoms with Gasteiger partial charge >= 0.3 is 0 Å². The number of unbranched alkanes of at least 4 members (excludes halogenated alkanes) is 1. The molecule has 5 nitrogen and oxygen atoms in total. The number of aliphatic hydroxyl groups is 1. The first-order valence-corrected chi connectivity index (χ1v) is 13.7. The van der Waals surface area contributed by atoms with Crippen molar-refractivity contribution in [3.8, 4) is 11.8 Å². The van der Waals surface area contributed by atoms with Gasteiger partial charge in [0.1, 0.15) is 12.0 Å². The number of nitriles is 1. The van der Waals surface area contributed by atoms with Gasteiger partial charge in [-0.15, -0.1) is 0 Å². The predicted molar refractivity (Wildman–Crippen MR) is 162 cm³/mol. The number of hydrogen-bond acceptors (Lipinski definition) is 5. The topological polar surface area (TPSA) is 73.6 Å². The summed E-state index contributed by atoms with van der Waals surface area (Å²) in [5.41, 5.74) is 3.25. The Morgan fingerprint density at radius 1 is 1.10 bits per heavy atom. The maximum atomic E-state index is 9.50. The van der Waals surface area contributed by atoms with Gasteiger partial charge in [0.15, 0.2) is 0 Å². The van der Waals surface area contributed by atoms with Gasteiger partial charge in [-0.2, -0.15) is 5.26 Å². The van der Waals surface area contributed by atoms with Crippen LogP contribution >= 0.6 is 0 Å². The standard InChI is InChI=1S/C22H26N2O.C4H8O.C4H10.C2H6O.CH4.Y/c1-17-6-8-22(9-7-17)25-16-21-15-24(14-18(21)2)11-10-19-4-3-5-20(12-19)13-23;1-4(2)3-5;1-3-4-2;1-2-3;;/h3-9,12,18,21H,10-11,14-16H2,1-2H3;3-4H,1-2H3;3-4H2,1-2H3;3H,2H2,1H3;1H4;/t18-,21+;;;;;/m1...../s1. The molecule has 1 radical (unpaired) electrons. The molecule has 0 aliphatic carbocycles. The summed E-state index contributed by atoms with van der Waals surface area (Å²) in [4.78, 5) is 12.0. The summed E-state index contributed by atoms with van der Waals surface area (Å²) >= 11 is 0. The third-order valence-corrected chi connectivity index (χ3v) is 5.87. The third-order valence-electron chi connectivity index (χ3n) is 5.87. The molecular formula is C33H54N2O3Y. The van der Waals surface area contributed by atoms with Crippen LogP contribution in [0.15, 0.2) is 48.5 Å². The maximum Gasteiger partial charge on any atom is 0.122 e. The summed E-state index contributed by atoms with van der Waals surface area (Å²) in [7, 11) is 0. The summed E-state index contributed by atoms with van der Waals surface area (Å²) in [6.45, 7) is 18.4. The molecule has 2 aromatic rings. The number of benzene rings is 2. The van der Waals surface area contributed by atoms with E-state index in [1.165, 1.54) is 24.0 Å². The molecule has 0 saturated carbocycles. The fourth-order valence-corrected chi connectivity index (χ4v) is 3.46. The number of aryl methyl sites for hydroxylation is 1. The van der Waals surface area contributed by atoms with Crippen molar-refractivity contribution in [3.05, 3.63) is 65.2 Å². The van der Waals surface area contributed by atoms with Crippen molar-refractivity contribution in [2.75, 3.05) is 32.8 Å². The van der Waals surface area contributed by atoms with Crippen LogP contribution in [0, 0.1) is 36.0 Å². The second kappa shape index (κ2) is 26.6. The number of carbonyl (C=O) groups excluding carboxylic acids is 1. The van der Waals surface area contributed by atoms with Crippen LogP contribution in [0.5, 0.6) is 5.75 Å². The molecule has 0 unspecified atom stereocenters. The maximum absolute atomic E-state index is 9.50. The normalized spacial score (nSPS) is 15.4. The van der Waals surface area contributed by atoms with Crippen LogP contribution in [0.3, 0.4) is 0 Å². The molecule has 0 aromatic heterocycles. The van der Waals surface area contributed by atoms with Crippen LogP contribution in [0.2, 0.25) is 0 Å². The Morgan fingerprint density at radius 2 is 1.67 bits per heavy atom. The van der Waals surface area contributed by atoms with Crippen LogP contribution in [0.25, 0.3) is 0 Å². The van der Waals surface area contributed by atoms with E-state index in [2.05, 4.69) is 69.0 Å². The molecule has 1 fully saturated rings. The minimum Gasteiger partial charge on any atom is -0.493 e. The Morgan fingerprint density at radius 3 is 2.15 bits per heavy atom. The molecule has 1 saturated heterocycles. The van der Waals surface area contributed by atoms with E-state index in [9.17, 15) is 4.79 Å². The van der Waals surface area contributed by atoms with Crippen molar-refractivity contribution in [3.63, 3.8) is 0 Å². The van der Waals surface area contributed by atoms with Gasteiger partial charge < -0.3 is 19.5 Å². The fraction of sp³-hybridized carbons (Fsp3) is 0.576. The minimum absolute atomic E-state index is 0. The molecule has 1 heterocycles. The Labute approximate surface area is 265 Å². The summed E-state index contributed by atoms with van der Waals surface area (Å²) in [5.74, 6) is 2.39. The van der Waals surface area contributed by atoms with Crippen LogP contribution < -0.4 is 4.74 Å². The van der Waals surface area contributed by atoms with E-state index >= 15 is 0 Å². The predicted octanol–water partition coefficient (Wildman–Crippen LogP) is 7.34. The first-order valence-electron chi connectivity index (χ1n) is 13.7. The fourth-order valence-electron chi connectivity index (χ4n) is 3.46. The van der Waals surface area contributed by atoms with Gasteiger partial charge in [-0.25, -0.2) is 0 Å². The average Bonchev–Trinajstić information content (AvgIpc) is 3.27. The Bertz CT molecular complexity index is 879. The van der Waals surface area contributed by atoms with Gasteiger partial charge in [0.05, 0.1) is 18.2 Å². The number of aldehydes is 1. The number of likely N-dealkylation sites (tertiary alicyclic amines) is 1. The zero-order valence-corrected chi connectivity index (χ0v) is 27.7. The molecule has 6 heteroatoms. The molecule has 217 valence electrons. The number of hydrogen-bond donors (Lipinski definition) is 1. The molecular weight excluding hydrogens is 561 g/mol. The number of aliphatic hydroxyl groups excluding tert-OH is 1. The van der Waals surface area contributed by atoms with Gasteiger partial charge in [-0.05, 0) is 56.0 Å². The van der Waals surface area contributed by atoms with Crippen LogP contribution in [0.4, 0.5) is 0 Å². The van der Waals surface area contributed by atoms with E-state index in [4.69, 9.17) is 15.1 Å². The van der Waals surface area contributed by atoms with Crippen LogP contribution in [-0.4, -0.2) is 49.1 Å². The molecule has 0 spiro atoms. The minimum atomic E-state index is 0. The van der Waals surface area contributed by atoms with Crippen molar-refractivity contribution in [1.82, 2.24) is 4.90 Å². The van der Waals surface area contributed by atoms with E-state index < -0.39 is 0 Å². The molecule has 0 bridgehead atoms. The van der Waals surface area contributed by atoms with Crippen LogP contribution in [0.1, 0.15) is 78.5 Å². The van der Waals surface area contributed by atoms with E-state index in [1.54, 1.807) is 6.92 Å². The molecule has 1 aliphatic heterocycles. The molecule has 39 heavy (non-hydrogen) atoms. The third kappa shape index (κ3) is 20.9. The average molecular weight is 616 g/mol. The van der Waals surface area contributed by atoms with Crippen LogP contribution in [-0.2, 0) is 43.9 Å². The monoisotopic (exact) mass is 615 g/mol. The summed E-state index contributed by atoms with van der Waals surface area (Å²) in [6.07, 6.45) is 4.55. The molecule has 1 N–H and O–H groups in total. The van der Waals surface area contributed by atoms with Crippen molar-refractivity contribution >= 4 is 6.29 Å². The van der Waals surface area contributed by atoms with Gasteiger partial charge in [-0.1, -0.05) is 84.7 Å². The van der Waals surface area contributed by atoms with E-state index in [0.717, 1.165) is 50.3 Å². The van der Waals surface area contributed by atoms with Crippen molar-refractivity contribution in [1.29, 1.82) is 5.26 Å². The zero-order valence-electron chi connectivity index (χ0n) is 24.8. The SMILES string of the molecule is C.CC(C)C=O.CCCC.CCO.Cc1ccc(OC[C@@H]2CN(CCc3cccc(C#N)c3)C[C@H]2C)cc1.[Y]. The summed E-state index contributed by atoms with van der Waals surface area (Å²) in [5, 5.41) is 16.6. The number of nitrogens with zero attached hydrogens (tertiary/aromatic N) is 2. The largest absolute Gasteiger partial charge is 0.493 e. The molecule has 3 rings (SSSR count). The van der Waals surface area contributed by atoms with E-state index in [1.807, 2.05) is 32.0 Å². The van der Waals surface area contributed by atoms with Crippen molar-refractivity contribution in [2.24, 2.45) is 17.8 Å². The van der Waals surface area contributed by atoms with E-state index in [-0.39, 0.29) is 52.7 Å². The smallest absolute Gasteiger partial charge is 0.122 e.